The monoisotopic (exact) mass is 355 g/mol. The number of nitrogens with one attached hydrogen (secondary N) is 2. The highest BCUT2D eigenvalue weighted by Crippen LogP contribution is 2.24. The molecule has 2 amide bonds. The minimum Gasteiger partial charge on any atom is -0.488 e. The third-order valence-corrected chi connectivity index (χ3v) is 4.16. The molecule has 0 spiro atoms. The number of carbonyl (C=O) groups excluding carboxylic acids is 1. The van der Waals surface area contributed by atoms with E-state index in [-0.39, 0.29) is 17.6 Å². The first-order valence-corrected chi connectivity index (χ1v) is 8.78. The quantitative estimate of drug-likeness (QED) is 0.862. The van der Waals surface area contributed by atoms with Crippen molar-refractivity contribution in [2.75, 3.05) is 23.8 Å². The molecule has 0 bridgehead atoms. The van der Waals surface area contributed by atoms with Gasteiger partial charge in [-0.25, -0.2) is 4.79 Å². The first kappa shape index (κ1) is 18.2. The van der Waals surface area contributed by atoms with Gasteiger partial charge in [-0.2, -0.15) is 0 Å². The Hall–Kier alpha value is -2.60. The van der Waals surface area contributed by atoms with Crippen LogP contribution in [0.25, 0.3) is 0 Å². The molecule has 2 N–H and O–H groups in total. The summed E-state index contributed by atoms with van der Waals surface area (Å²) < 4.78 is 11.1. The summed E-state index contributed by atoms with van der Waals surface area (Å²) >= 11 is 0. The standard InChI is InChI=1S/C20H25N3O3/c1-20(2,3)14-10-16(12-21-11-14)23-19(24)22-15-4-6-17(7-5-15)26-18-8-9-25-13-18/h4-7,10-12,18H,8-9,13H2,1-3H3,(H2,22,23,24). The SMILES string of the molecule is CC(C)(C)c1cncc(NC(=O)Nc2ccc(OC3CCOC3)cc2)c1. The summed E-state index contributed by atoms with van der Waals surface area (Å²) in [4.78, 5) is 16.4. The van der Waals surface area contributed by atoms with Crippen molar-refractivity contribution in [1.29, 1.82) is 0 Å². The van der Waals surface area contributed by atoms with Gasteiger partial charge < -0.3 is 20.1 Å². The number of rotatable bonds is 4. The van der Waals surface area contributed by atoms with Crippen LogP contribution in [0.5, 0.6) is 5.75 Å². The smallest absolute Gasteiger partial charge is 0.323 e. The summed E-state index contributed by atoms with van der Waals surface area (Å²) in [6.45, 7) is 7.69. The number of carbonyl (C=O) groups is 1. The number of hydrogen-bond donors (Lipinski definition) is 2. The molecule has 26 heavy (non-hydrogen) atoms. The van der Waals surface area contributed by atoms with Gasteiger partial charge in [0, 0.05) is 18.3 Å². The van der Waals surface area contributed by atoms with E-state index in [0.717, 1.165) is 24.3 Å². The van der Waals surface area contributed by atoms with Crippen molar-refractivity contribution in [3.05, 3.63) is 48.3 Å². The number of urea groups is 1. The third-order valence-electron chi connectivity index (χ3n) is 4.16. The van der Waals surface area contributed by atoms with Crippen LogP contribution in [0.15, 0.2) is 42.7 Å². The molecular weight excluding hydrogens is 330 g/mol. The summed E-state index contributed by atoms with van der Waals surface area (Å²) in [5.74, 6) is 0.772. The maximum atomic E-state index is 12.2. The Morgan fingerprint density at radius 3 is 2.54 bits per heavy atom. The second kappa shape index (κ2) is 7.74. The average Bonchev–Trinajstić information content (AvgIpc) is 3.09. The Morgan fingerprint density at radius 1 is 1.15 bits per heavy atom. The van der Waals surface area contributed by atoms with Gasteiger partial charge in [0.1, 0.15) is 11.9 Å². The van der Waals surface area contributed by atoms with E-state index in [2.05, 4.69) is 36.4 Å². The maximum Gasteiger partial charge on any atom is 0.323 e. The van der Waals surface area contributed by atoms with Gasteiger partial charge in [0.2, 0.25) is 0 Å². The minimum absolute atomic E-state index is 0.0264. The fourth-order valence-electron chi connectivity index (χ4n) is 2.63. The summed E-state index contributed by atoms with van der Waals surface area (Å²) in [5.41, 5.74) is 2.39. The molecule has 6 heteroatoms. The molecule has 1 atom stereocenters. The molecule has 1 aromatic carbocycles. The molecule has 0 radical (unpaired) electrons. The molecule has 2 heterocycles. The number of hydrogen-bond acceptors (Lipinski definition) is 4. The highest BCUT2D eigenvalue weighted by Gasteiger charge is 2.17. The summed E-state index contributed by atoms with van der Waals surface area (Å²) in [6.07, 6.45) is 4.47. The average molecular weight is 355 g/mol. The molecule has 1 aromatic heterocycles. The molecule has 138 valence electrons. The van der Waals surface area contributed by atoms with Gasteiger partial charge in [0.15, 0.2) is 0 Å². The zero-order valence-electron chi connectivity index (χ0n) is 15.4. The molecule has 0 aliphatic carbocycles. The second-order valence-corrected chi connectivity index (χ2v) is 7.42. The predicted molar refractivity (Wildman–Crippen MR) is 102 cm³/mol. The van der Waals surface area contributed by atoms with Crippen molar-refractivity contribution < 1.29 is 14.3 Å². The van der Waals surface area contributed by atoms with Crippen LogP contribution in [-0.4, -0.2) is 30.3 Å². The highest BCUT2D eigenvalue weighted by molar-refractivity contribution is 5.99. The second-order valence-electron chi connectivity index (χ2n) is 7.42. The summed E-state index contributed by atoms with van der Waals surface area (Å²) in [7, 11) is 0. The molecular formula is C20H25N3O3. The fourth-order valence-corrected chi connectivity index (χ4v) is 2.63. The van der Waals surface area contributed by atoms with E-state index in [1.54, 1.807) is 6.20 Å². The van der Waals surface area contributed by atoms with E-state index in [4.69, 9.17) is 9.47 Å². The molecule has 2 aromatic rings. The summed E-state index contributed by atoms with van der Waals surface area (Å²) in [5, 5.41) is 5.63. The molecule has 1 saturated heterocycles. The molecule has 1 fully saturated rings. The molecule has 1 aliphatic rings. The lowest BCUT2D eigenvalue weighted by atomic mass is 9.88. The minimum atomic E-state index is -0.310. The van der Waals surface area contributed by atoms with E-state index >= 15 is 0 Å². The van der Waals surface area contributed by atoms with Crippen LogP contribution < -0.4 is 15.4 Å². The van der Waals surface area contributed by atoms with Gasteiger partial charge in [-0.3, -0.25) is 4.98 Å². The number of nitrogens with zero attached hydrogens (tertiary/aromatic N) is 1. The van der Waals surface area contributed by atoms with Gasteiger partial charge in [-0.1, -0.05) is 20.8 Å². The first-order chi connectivity index (χ1) is 12.4. The zero-order valence-corrected chi connectivity index (χ0v) is 15.4. The van der Waals surface area contributed by atoms with Crippen LogP contribution in [0.4, 0.5) is 16.2 Å². The highest BCUT2D eigenvalue weighted by atomic mass is 16.5. The van der Waals surface area contributed by atoms with Gasteiger partial charge >= 0.3 is 6.03 Å². The number of amides is 2. The van der Waals surface area contributed by atoms with Crippen LogP contribution >= 0.6 is 0 Å². The van der Waals surface area contributed by atoms with E-state index < -0.39 is 0 Å². The molecule has 6 nitrogen and oxygen atoms in total. The van der Waals surface area contributed by atoms with E-state index in [0.29, 0.717) is 18.0 Å². The van der Waals surface area contributed by atoms with E-state index in [1.807, 2.05) is 36.5 Å². The lowest BCUT2D eigenvalue weighted by Crippen LogP contribution is -2.20. The number of pyridine rings is 1. The van der Waals surface area contributed by atoms with E-state index in [1.165, 1.54) is 0 Å². The van der Waals surface area contributed by atoms with Crippen molar-refractivity contribution >= 4 is 17.4 Å². The number of aromatic nitrogens is 1. The van der Waals surface area contributed by atoms with Gasteiger partial charge in [-0.15, -0.1) is 0 Å². The van der Waals surface area contributed by atoms with Crippen LogP contribution in [0.2, 0.25) is 0 Å². The Kier molecular flexibility index (Phi) is 5.42. The lowest BCUT2D eigenvalue weighted by molar-refractivity contribution is 0.141. The van der Waals surface area contributed by atoms with Gasteiger partial charge in [0.25, 0.3) is 0 Å². The zero-order chi connectivity index (χ0) is 18.6. The van der Waals surface area contributed by atoms with Crippen LogP contribution in [0.1, 0.15) is 32.8 Å². The van der Waals surface area contributed by atoms with Crippen LogP contribution in [0.3, 0.4) is 0 Å². The van der Waals surface area contributed by atoms with Crippen molar-refractivity contribution in [3.8, 4) is 5.75 Å². The Labute approximate surface area is 153 Å². The number of benzene rings is 1. The van der Waals surface area contributed by atoms with Crippen molar-refractivity contribution in [1.82, 2.24) is 4.98 Å². The molecule has 1 aliphatic heterocycles. The van der Waals surface area contributed by atoms with Crippen molar-refractivity contribution in [2.45, 2.75) is 38.7 Å². The summed E-state index contributed by atoms with van der Waals surface area (Å²) in [6, 6.07) is 8.94. The Balaban J connectivity index is 1.56. The van der Waals surface area contributed by atoms with E-state index in [9.17, 15) is 4.79 Å². The molecule has 3 rings (SSSR count). The predicted octanol–water partition coefficient (Wildman–Crippen LogP) is 4.19. The third kappa shape index (κ3) is 4.95. The topological polar surface area (TPSA) is 72.5 Å². The molecule has 1 unspecified atom stereocenters. The maximum absolute atomic E-state index is 12.2. The van der Waals surface area contributed by atoms with Crippen molar-refractivity contribution in [2.24, 2.45) is 0 Å². The largest absolute Gasteiger partial charge is 0.488 e. The number of ether oxygens (including phenoxy) is 2. The van der Waals surface area contributed by atoms with Crippen LogP contribution in [0, 0.1) is 0 Å². The Bertz CT molecular complexity index is 748. The van der Waals surface area contributed by atoms with Crippen molar-refractivity contribution in [3.63, 3.8) is 0 Å². The normalized spacial score (nSPS) is 17.0. The number of anilines is 2. The van der Waals surface area contributed by atoms with Crippen LogP contribution in [-0.2, 0) is 10.2 Å². The Morgan fingerprint density at radius 2 is 1.88 bits per heavy atom. The molecule has 0 saturated carbocycles. The fraction of sp³-hybridized carbons (Fsp3) is 0.400. The van der Waals surface area contributed by atoms with Gasteiger partial charge in [-0.05, 0) is 41.3 Å². The first-order valence-electron chi connectivity index (χ1n) is 8.78. The lowest BCUT2D eigenvalue weighted by Gasteiger charge is -2.19. The van der Waals surface area contributed by atoms with Gasteiger partial charge in [0.05, 0.1) is 25.1 Å².